The molecule has 4 heteroatoms. The summed E-state index contributed by atoms with van der Waals surface area (Å²) in [5.41, 5.74) is 1.28. The first-order valence-electron chi connectivity index (χ1n) is 11.1. The van der Waals surface area contributed by atoms with Crippen molar-refractivity contribution in [3.63, 3.8) is 0 Å². The number of unbranched alkanes of at least 4 members (excludes halogenated alkanes) is 7. The maximum Gasteiger partial charge on any atom is 0.0462 e. The largest absolute Gasteiger partial charge is 0.385 e. The van der Waals surface area contributed by atoms with E-state index < -0.39 is 0 Å². The van der Waals surface area contributed by atoms with Gasteiger partial charge in [-0.2, -0.15) is 0 Å². The summed E-state index contributed by atoms with van der Waals surface area (Å²) in [7, 11) is 6.01. The van der Waals surface area contributed by atoms with Crippen LogP contribution in [0.15, 0.2) is 41.3 Å². The summed E-state index contributed by atoms with van der Waals surface area (Å²) in [6, 6.07) is 13.3. The van der Waals surface area contributed by atoms with Gasteiger partial charge in [0.2, 0.25) is 0 Å². The molecule has 0 aliphatic rings. The highest BCUT2D eigenvalue weighted by molar-refractivity contribution is 8.13. The number of fused-ring (bicyclic) bond motifs is 1. The molecule has 1 atom stereocenters. The summed E-state index contributed by atoms with van der Waals surface area (Å²) in [6.07, 6.45) is 10.6. The highest BCUT2D eigenvalue weighted by atomic mass is 32.2. The highest BCUT2D eigenvalue weighted by Crippen LogP contribution is 2.34. The third kappa shape index (κ3) is 7.76. The zero-order valence-electron chi connectivity index (χ0n) is 18.9. The standard InChI is InChI=1S/C25H40N2OS/c1-5-29(26-20-12-10-8-6-7-9-11-13-21-28-4)25-19-15-16-22-23(25)17-14-18-24(22)27(2)3/h5,14-19,26H,6-13,20-21H2,1-4H3. The fourth-order valence-electron chi connectivity index (χ4n) is 3.75. The van der Waals surface area contributed by atoms with Crippen LogP contribution in [0.5, 0.6) is 0 Å². The third-order valence-corrected chi connectivity index (χ3v) is 7.16. The van der Waals surface area contributed by atoms with Crippen molar-refractivity contribution in [3.05, 3.63) is 36.4 Å². The van der Waals surface area contributed by atoms with E-state index in [0.717, 1.165) is 13.2 Å². The molecule has 0 saturated carbocycles. The summed E-state index contributed by atoms with van der Waals surface area (Å²) in [5.74, 6) is 0. The Labute approximate surface area is 180 Å². The Morgan fingerprint density at radius 3 is 2.14 bits per heavy atom. The van der Waals surface area contributed by atoms with Crippen LogP contribution in [0.1, 0.15) is 58.3 Å². The van der Waals surface area contributed by atoms with Crippen LogP contribution < -0.4 is 9.62 Å². The Balaban J connectivity index is 1.79. The SMILES string of the molecule is C/C=S(/NCCCCCCCCCCOC)c1cccc2c(N(C)C)cccc12. The molecule has 0 bridgehead atoms. The molecule has 0 aliphatic carbocycles. The molecular formula is C25H40N2OS. The lowest BCUT2D eigenvalue weighted by Gasteiger charge is -2.18. The van der Waals surface area contributed by atoms with Gasteiger partial charge in [0, 0.05) is 50.3 Å². The van der Waals surface area contributed by atoms with Crippen LogP contribution in [0, 0.1) is 0 Å². The number of nitrogens with one attached hydrogen (secondary N) is 1. The fraction of sp³-hybridized carbons (Fsp3) is 0.560. The van der Waals surface area contributed by atoms with Gasteiger partial charge in [-0.15, -0.1) is 0 Å². The first-order chi connectivity index (χ1) is 14.2. The molecule has 0 spiro atoms. The molecule has 29 heavy (non-hydrogen) atoms. The topological polar surface area (TPSA) is 24.5 Å². The van der Waals surface area contributed by atoms with E-state index in [1.165, 1.54) is 72.7 Å². The first kappa shape index (κ1) is 23.9. The number of ether oxygens (including phenoxy) is 1. The molecule has 0 aromatic heterocycles. The van der Waals surface area contributed by atoms with Crippen molar-refractivity contribution in [2.24, 2.45) is 0 Å². The molecule has 0 amide bonds. The summed E-state index contributed by atoms with van der Waals surface area (Å²) in [4.78, 5) is 3.61. The van der Waals surface area contributed by atoms with E-state index >= 15 is 0 Å². The molecule has 2 rings (SSSR count). The maximum atomic E-state index is 5.10. The lowest BCUT2D eigenvalue weighted by Crippen LogP contribution is -2.10. The van der Waals surface area contributed by atoms with Gasteiger partial charge in [-0.25, -0.2) is 0 Å². The van der Waals surface area contributed by atoms with E-state index in [2.05, 4.69) is 72.4 Å². The second-order valence-electron chi connectivity index (χ2n) is 7.81. The molecular weight excluding hydrogens is 376 g/mol. The van der Waals surface area contributed by atoms with Gasteiger partial charge in [0.15, 0.2) is 0 Å². The van der Waals surface area contributed by atoms with Crippen molar-refractivity contribution in [2.75, 3.05) is 39.3 Å². The van der Waals surface area contributed by atoms with E-state index in [1.807, 2.05) is 0 Å². The van der Waals surface area contributed by atoms with Crippen LogP contribution in [0.2, 0.25) is 0 Å². The molecule has 0 saturated heterocycles. The summed E-state index contributed by atoms with van der Waals surface area (Å²) < 4.78 is 8.90. The molecule has 1 N–H and O–H groups in total. The molecule has 0 fully saturated rings. The molecule has 0 heterocycles. The molecule has 162 valence electrons. The average molecular weight is 417 g/mol. The van der Waals surface area contributed by atoms with Crippen molar-refractivity contribution in [3.8, 4) is 0 Å². The van der Waals surface area contributed by atoms with Gasteiger partial charge in [-0.1, -0.05) is 73.5 Å². The normalized spacial score (nSPS) is 12.6. The fourth-order valence-corrected chi connectivity index (χ4v) is 5.33. The van der Waals surface area contributed by atoms with Crippen LogP contribution in [0.3, 0.4) is 0 Å². The summed E-state index contributed by atoms with van der Waals surface area (Å²) in [5, 5.41) is 5.01. The Hall–Kier alpha value is -1.36. The number of nitrogens with zero attached hydrogens (tertiary/aromatic N) is 1. The molecule has 0 aliphatic heterocycles. The minimum absolute atomic E-state index is 0.00990. The van der Waals surface area contributed by atoms with Crippen LogP contribution in [-0.2, 0) is 4.74 Å². The van der Waals surface area contributed by atoms with Gasteiger partial charge in [-0.05, 0) is 42.7 Å². The summed E-state index contributed by atoms with van der Waals surface area (Å²) in [6.45, 7) is 4.18. The Kier molecular flexibility index (Phi) is 11.4. The van der Waals surface area contributed by atoms with Gasteiger partial charge in [0.25, 0.3) is 0 Å². The van der Waals surface area contributed by atoms with Crippen molar-refractivity contribution in [1.82, 2.24) is 4.72 Å². The minimum Gasteiger partial charge on any atom is -0.385 e. The predicted octanol–water partition coefficient (Wildman–Crippen LogP) is 6.63. The van der Waals surface area contributed by atoms with Crippen molar-refractivity contribution >= 4 is 32.5 Å². The van der Waals surface area contributed by atoms with Gasteiger partial charge in [0.1, 0.15) is 0 Å². The van der Waals surface area contributed by atoms with Gasteiger partial charge < -0.3 is 9.64 Å². The van der Waals surface area contributed by atoms with E-state index in [0.29, 0.717) is 0 Å². The van der Waals surface area contributed by atoms with Gasteiger partial charge in [-0.3, -0.25) is 4.72 Å². The van der Waals surface area contributed by atoms with E-state index in [9.17, 15) is 0 Å². The number of hydrogen-bond donors (Lipinski definition) is 1. The third-order valence-electron chi connectivity index (χ3n) is 5.35. The second kappa shape index (κ2) is 13.8. The molecule has 3 nitrogen and oxygen atoms in total. The molecule has 2 aromatic rings. The average Bonchev–Trinajstić information content (AvgIpc) is 2.74. The van der Waals surface area contributed by atoms with Gasteiger partial charge in [0.05, 0.1) is 0 Å². The van der Waals surface area contributed by atoms with E-state index in [1.54, 1.807) is 7.11 Å². The van der Waals surface area contributed by atoms with Gasteiger partial charge >= 0.3 is 0 Å². The van der Waals surface area contributed by atoms with Crippen LogP contribution in [0.4, 0.5) is 5.69 Å². The van der Waals surface area contributed by atoms with Crippen molar-refractivity contribution in [1.29, 1.82) is 0 Å². The van der Waals surface area contributed by atoms with Crippen LogP contribution in [-0.4, -0.2) is 39.7 Å². The number of hydrogen-bond acceptors (Lipinski definition) is 3. The Bertz CT molecular complexity index is 758. The lowest BCUT2D eigenvalue weighted by molar-refractivity contribution is 0.192. The molecule has 2 aromatic carbocycles. The zero-order chi connectivity index (χ0) is 20.9. The van der Waals surface area contributed by atoms with E-state index in [-0.39, 0.29) is 10.7 Å². The zero-order valence-corrected chi connectivity index (χ0v) is 19.7. The second-order valence-corrected chi connectivity index (χ2v) is 9.69. The maximum absolute atomic E-state index is 5.10. The van der Waals surface area contributed by atoms with Crippen molar-refractivity contribution < 1.29 is 4.74 Å². The smallest absolute Gasteiger partial charge is 0.0462 e. The monoisotopic (exact) mass is 416 g/mol. The highest BCUT2D eigenvalue weighted by Gasteiger charge is 2.08. The Morgan fingerprint density at radius 1 is 0.862 bits per heavy atom. The van der Waals surface area contributed by atoms with Crippen LogP contribution in [0.25, 0.3) is 10.8 Å². The summed E-state index contributed by atoms with van der Waals surface area (Å²) >= 11 is 0. The minimum atomic E-state index is -0.00990. The number of methoxy groups -OCH3 is 1. The number of rotatable bonds is 14. The first-order valence-corrected chi connectivity index (χ1v) is 12.4. The quantitative estimate of drug-likeness (QED) is 0.276. The van der Waals surface area contributed by atoms with Crippen LogP contribution >= 0.6 is 10.7 Å². The van der Waals surface area contributed by atoms with Crippen molar-refractivity contribution in [2.45, 2.75) is 63.2 Å². The molecule has 1 unspecified atom stereocenters. The van der Waals surface area contributed by atoms with E-state index in [4.69, 9.17) is 4.74 Å². The lowest BCUT2D eigenvalue weighted by atomic mass is 10.1. The Morgan fingerprint density at radius 2 is 1.48 bits per heavy atom. The number of anilines is 1. The number of benzene rings is 2. The molecule has 0 radical (unpaired) electrons. The predicted molar refractivity (Wildman–Crippen MR) is 133 cm³/mol.